The summed E-state index contributed by atoms with van der Waals surface area (Å²) in [5.74, 6) is 0.00219. The molecule has 3 aromatic rings. The number of aliphatic imine (C=N–C) groups is 2. The van der Waals surface area contributed by atoms with E-state index in [0.29, 0.717) is 53.6 Å². The molecule has 1 aliphatic heterocycles. The molecule has 1 heterocycles. The number of carboxylic acid groups (broad SMARTS) is 1. The summed E-state index contributed by atoms with van der Waals surface area (Å²) in [6.07, 6.45) is 3.74. The maximum atomic E-state index is 10.5. The molecule has 0 aliphatic carbocycles. The van der Waals surface area contributed by atoms with E-state index in [1.54, 1.807) is 48.8 Å². The van der Waals surface area contributed by atoms with Gasteiger partial charge >= 0.3 is 17.1 Å². The summed E-state index contributed by atoms with van der Waals surface area (Å²) in [6, 6.07) is 17.9. The van der Waals surface area contributed by atoms with Crippen LogP contribution in [0.4, 0.5) is 11.4 Å². The third-order valence-electron chi connectivity index (χ3n) is 4.43. The third-order valence-corrected chi connectivity index (χ3v) is 4.43. The Bertz CT molecular complexity index is 1090. The van der Waals surface area contributed by atoms with Gasteiger partial charge in [0.2, 0.25) is 0 Å². The van der Waals surface area contributed by atoms with Gasteiger partial charge in [0, 0.05) is 36.9 Å². The number of carbonyl (C=O) groups is 1. The largest absolute Gasteiger partial charge is 2.00 e. The van der Waals surface area contributed by atoms with Gasteiger partial charge in [-0.25, -0.2) is 0 Å². The molecular formula is C25H24MnN2O6+2. The fourth-order valence-corrected chi connectivity index (χ4v) is 2.90. The number of phenolic OH excluding ortho intramolecular Hbond substituents is 2. The average molecular weight is 503 g/mol. The molecule has 0 amide bonds. The Balaban J connectivity index is 0.000000758. The molecule has 1 aliphatic rings. The monoisotopic (exact) mass is 503 g/mol. The first kappa shape index (κ1) is 26.4. The molecule has 9 heteroatoms. The minimum Gasteiger partial charge on any atom is -0.504 e. The maximum Gasteiger partial charge on any atom is 2.00 e. The zero-order valence-electron chi connectivity index (χ0n) is 18.4. The van der Waals surface area contributed by atoms with Gasteiger partial charge in [-0.05, 0) is 36.4 Å². The van der Waals surface area contributed by atoms with E-state index in [0.717, 1.165) is 6.92 Å². The Labute approximate surface area is 207 Å². The van der Waals surface area contributed by atoms with Crippen molar-refractivity contribution in [2.45, 2.75) is 13.3 Å². The molecule has 0 saturated carbocycles. The molecule has 4 bridgehead atoms. The van der Waals surface area contributed by atoms with Gasteiger partial charge < -0.3 is 24.8 Å². The van der Waals surface area contributed by atoms with Gasteiger partial charge in [0.25, 0.3) is 5.97 Å². The third kappa shape index (κ3) is 7.37. The zero-order valence-corrected chi connectivity index (χ0v) is 19.6. The molecule has 3 aromatic carbocycles. The first-order valence-electron chi connectivity index (χ1n) is 10.2. The van der Waals surface area contributed by atoms with Crippen molar-refractivity contribution in [2.24, 2.45) is 9.98 Å². The molecular weight excluding hydrogens is 479 g/mol. The van der Waals surface area contributed by atoms with Crippen LogP contribution in [0.25, 0.3) is 0 Å². The zero-order chi connectivity index (χ0) is 23.6. The van der Waals surface area contributed by atoms with Crippen LogP contribution >= 0.6 is 0 Å². The summed E-state index contributed by atoms with van der Waals surface area (Å²) in [6.45, 7) is 1.80. The number of hydrogen-bond donors (Lipinski definition) is 3. The molecule has 34 heavy (non-hydrogen) atoms. The Hall–Kier alpha value is -3.81. The summed E-state index contributed by atoms with van der Waals surface area (Å²) in [7, 11) is 0. The average Bonchev–Trinajstić information content (AvgIpc) is 2.79. The number of carboxylic acids is 1. The first-order chi connectivity index (χ1) is 16.0. The minimum absolute atomic E-state index is 0. The van der Waals surface area contributed by atoms with Crippen LogP contribution in [0.1, 0.15) is 24.5 Å². The molecule has 175 valence electrons. The van der Waals surface area contributed by atoms with Crippen molar-refractivity contribution >= 4 is 29.8 Å². The summed E-state index contributed by atoms with van der Waals surface area (Å²) in [5.41, 5.74) is 2.36. The number of para-hydroxylation sites is 4. The van der Waals surface area contributed by atoms with Crippen molar-refractivity contribution in [3.8, 4) is 23.0 Å². The van der Waals surface area contributed by atoms with Crippen LogP contribution in [0.3, 0.4) is 0 Å². The Morgan fingerprint density at radius 1 is 0.765 bits per heavy atom. The SMILES string of the molecule is CC(=O)O.Oc1c2cccc1OCCCOc1cccc(c1O)C=Nc1ccccc1N=C2.[Mn+2]. The number of phenols is 2. The van der Waals surface area contributed by atoms with Crippen molar-refractivity contribution in [3.05, 3.63) is 71.8 Å². The second kappa shape index (κ2) is 13.0. The van der Waals surface area contributed by atoms with Gasteiger partial charge in [-0.3, -0.25) is 14.8 Å². The predicted octanol–water partition coefficient (Wildman–Crippen LogP) is 4.85. The fourth-order valence-electron chi connectivity index (χ4n) is 2.90. The number of hydrogen-bond acceptors (Lipinski definition) is 7. The summed E-state index contributed by atoms with van der Waals surface area (Å²) < 4.78 is 11.4. The van der Waals surface area contributed by atoms with Crippen LogP contribution in [0, 0.1) is 0 Å². The van der Waals surface area contributed by atoms with Gasteiger partial charge in [0.1, 0.15) is 0 Å². The molecule has 0 fully saturated rings. The molecule has 0 aromatic heterocycles. The topological polar surface area (TPSA) is 121 Å². The summed E-state index contributed by atoms with van der Waals surface area (Å²) >= 11 is 0. The van der Waals surface area contributed by atoms with E-state index in [4.69, 9.17) is 19.4 Å². The van der Waals surface area contributed by atoms with E-state index in [2.05, 4.69) is 9.98 Å². The van der Waals surface area contributed by atoms with Gasteiger partial charge in [0.05, 0.1) is 24.6 Å². The summed E-state index contributed by atoms with van der Waals surface area (Å²) in [5, 5.41) is 28.4. The first-order valence-corrected chi connectivity index (χ1v) is 10.2. The standard InChI is InChI=1S/C23H20N2O4.C2H4O2.Mn/c26-22-16-6-3-10-20(22)28-12-5-13-29-21-11-4-7-17(23(21)27)15-25-19-9-2-1-8-18(19)24-14-16;1-2(3)4;/h1-4,6-11,14-15,26-27H,5,12-13H2;1H3,(H,3,4);/q;;+2. The molecule has 4 rings (SSSR count). The van der Waals surface area contributed by atoms with Crippen LogP contribution in [0.2, 0.25) is 0 Å². The molecule has 0 unspecified atom stereocenters. The van der Waals surface area contributed by atoms with Crippen LogP contribution in [-0.4, -0.2) is 46.9 Å². The van der Waals surface area contributed by atoms with E-state index in [9.17, 15) is 10.2 Å². The second-order valence-corrected chi connectivity index (χ2v) is 6.96. The maximum absolute atomic E-state index is 10.5. The van der Waals surface area contributed by atoms with Gasteiger partial charge in [-0.15, -0.1) is 0 Å². The number of ether oxygens (including phenoxy) is 2. The van der Waals surface area contributed by atoms with E-state index < -0.39 is 5.97 Å². The number of benzene rings is 3. The number of fused-ring (bicyclic) bond motifs is 5. The van der Waals surface area contributed by atoms with E-state index in [-0.39, 0.29) is 28.6 Å². The number of aromatic hydroxyl groups is 2. The smallest absolute Gasteiger partial charge is 0.504 e. The Kier molecular flexibility index (Phi) is 10.1. The van der Waals surface area contributed by atoms with Crippen molar-refractivity contribution in [3.63, 3.8) is 0 Å². The second-order valence-electron chi connectivity index (χ2n) is 6.96. The quantitative estimate of drug-likeness (QED) is 0.377. The van der Waals surface area contributed by atoms with Crippen LogP contribution < -0.4 is 9.47 Å². The Morgan fingerprint density at radius 2 is 1.18 bits per heavy atom. The molecule has 1 radical (unpaired) electrons. The molecule has 0 spiro atoms. The van der Waals surface area contributed by atoms with Gasteiger partial charge in [-0.2, -0.15) is 0 Å². The Morgan fingerprint density at radius 3 is 1.59 bits per heavy atom. The summed E-state index contributed by atoms with van der Waals surface area (Å²) in [4.78, 5) is 18.0. The van der Waals surface area contributed by atoms with E-state index >= 15 is 0 Å². The van der Waals surface area contributed by atoms with E-state index in [1.165, 1.54) is 0 Å². The van der Waals surface area contributed by atoms with Gasteiger partial charge in [0.15, 0.2) is 23.0 Å². The van der Waals surface area contributed by atoms with Crippen molar-refractivity contribution in [2.75, 3.05) is 13.2 Å². The fraction of sp³-hybridized carbons (Fsp3) is 0.160. The van der Waals surface area contributed by atoms with Crippen molar-refractivity contribution in [1.82, 2.24) is 0 Å². The van der Waals surface area contributed by atoms with Crippen molar-refractivity contribution < 1.29 is 46.7 Å². The van der Waals surface area contributed by atoms with Crippen LogP contribution in [0.15, 0.2) is 70.6 Å². The predicted molar refractivity (Wildman–Crippen MR) is 126 cm³/mol. The minimum atomic E-state index is -0.833. The molecule has 0 saturated heterocycles. The normalized spacial score (nSPS) is 12.4. The number of nitrogens with zero attached hydrogens (tertiary/aromatic N) is 2. The number of rotatable bonds is 0. The molecule has 8 nitrogen and oxygen atoms in total. The van der Waals surface area contributed by atoms with Crippen LogP contribution in [-0.2, 0) is 21.9 Å². The van der Waals surface area contributed by atoms with E-state index in [1.807, 2.05) is 24.3 Å². The van der Waals surface area contributed by atoms with Crippen LogP contribution in [0.5, 0.6) is 23.0 Å². The van der Waals surface area contributed by atoms with Gasteiger partial charge in [-0.1, -0.05) is 24.3 Å². The molecule has 3 N–H and O–H groups in total. The van der Waals surface area contributed by atoms with Crippen molar-refractivity contribution in [1.29, 1.82) is 0 Å². The number of aliphatic carboxylic acids is 1. The molecule has 0 atom stereocenters.